The summed E-state index contributed by atoms with van der Waals surface area (Å²) in [7, 11) is 0. The molecule has 0 aliphatic carbocycles. The number of hydrogen-bond donors (Lipinski definition) is 2. The van der Waals surface area contributed by atoms with Crippen LogP contribution in [0.25, 0.3) is 10.8 Å². The maximum absolute atomic E-state index is 13.8. The van der Waals surface area contributed by atoms with Gasteiger partial charge in [-0.1, -0.05) is 0 Å². The predicted molar refractivity (Wildman–Crippen MR) is 107 cm³/mol. The van der Waals surface area contributed by atoms with Crippen LogP contribution in [-0.2, 0) is 4.74 Å². The Bertz CT molecular complexity index is 1090. The number of aromatic nitrogens is 3. The van der Waals surface area contributed by atoms with Crippen LogP contribution >= 0.6 is 0 Å². The molecule has 0 spiro atoms. The molecule has 9 heteroatoms. The molecule has 0 amide bonds. The highest BCUT2D eigenvalue weighted by Gasteiger charge is 2.17. The maximum atomic E-state index is 13.8. The van der Waals surface area contributed by atoms with Crippen molar-refractivity contribution in [1.82, 2.24) is 15.2 Å². The monoisotopic (exact) mass is 393 g/mol. The third kappa shape index (κ3) is 3.94. The van der Waals surface area contributed by atoms with Crippen molar-refractivity contribution in [2.75, 3.05) is 36.5 Å². The fourth-order valence-corrected chi connectivity index (χ4v) is 3.32. The van der Waals surface area contributed by atoms with Crippen molar-refractivity contribution < 1.29 is 9.13 Å². The number of nitriles is 1. The summed E-state index contributed by atoms with van der Waals surface area (Å²) in [5.41, 5.74) is 7.63. The van der Waals surface area contributed by atoms with E-state index in [0.29, 0.717) is 24.6 Å². The molecule has 0 saturated carbocycles. The quantitative estimate of drug-likeness (QED) is 0.649. The number of nitrogens with zero attached hydrogens (tertiary/aromatic N) is 5. The number of nitrogens with one attached hydrogen (secondary N) is 1. The molecule has 4 rings (SSSR count). The van der Waals surface area contributed by atoms with Crippen molar-refractivity contribution in [3.63, 3.8) is 0 Å². The van der Waals surface area contributed by atoms with Crippen LogP contribution in [0.3, 0.4) is 0 Å². The van der Waals surface area contributed by atoms with Crippen LogP contribution in [-0.4, -0.2) is 41.5 Å². The smallest absolute Gasteiger partial charge is 0.158 e. The zero-order valence-electron chi connectivity index (χ0n) is 15.9. The van der Waals surface area contributed by atoms with Crippen LogP contribution in [0.15, 0.2) is 30.5 Å². The van der Waals surface area contributed by atoms with Gasteiger partial charge >= 0.3 is 0 Å². The van der Waals surface area contributed by atoms with Gasteiger partial charge in [0.25, 0.3) is 0 Å². The second kappa shape index (κ2) is 7.95. The molecule has 2 aromatic heterocycles. The van der Waals surface area contributed by atoms with E-state index in [-0.39, 0.29) is 5.56 Å². The lowest BCUT2D eigenvalue weighted by molar-refractivity contribution is 0.122. The molecule has 8 nitrogen and oxygen atoms in total. The molecule has 0 radical (unpaired) electrons. The number of anilines is 2. The third-order valence-corrected chi connectivity index (χ3v) is 4.87. The minimum Gasteiger partial charge on any atom is -0.378 e. The summed E-state index contributed by atoms with van der Waals surface area (Å²) >= 11 is 0. The van der Waals surface area contributed by atoms with Crippen molar-refractivity contribution in [2.24, 2.45) is 5.73 Å². The first-order valence-corrected chi connectivity index (χ1v) is 9.23. The minimum atomic E-state index is -0.766. The Morgan fingerprint density at radius 1 is 1.21 bits per heavy atom. The number of ether oxygens (including phenoxy) is 1. The van der Waals surface area contributed by atoms with Gasteiger partial charge in [-0.3, -0.25) is 0 Å². The number of halogens is 1. The molecule has 1 atom stereocenters. The van der Waals surface area contributed by atoms with Gasteiger partial charge in [-0.25, -0.2) is 9.37 Å². The van der Waals surface area contributed by atoms with E-state index in [1.54, 1.807) is 12.3 Å². The highest BCUT2D eigenvalue weighted by molar-refractivity contribution is 5.94. The molecule has 3 N–H and O–H groups in total. The highest BCUT2D eigenvalue weighted by atomic mass is 19.1. The van der Waals surface area contributed by atoms with Gasteiger partial charge in [0.2, 0.25) is 0 Å². The van der Waals surface area contributed by atoms with Crippen LogP contribution in [0, 0.1) is 24.1 Å². The van der Waals surface area contributed by atoms with Gasteiger partial charge in [0.15, 0.2) is 5.82 Å². The molecule has 1 saturated heterocycles. The normalized spacial score (nSPS) is 15.2. The first kappa shape index (κ1) is 19.0. The maximum Gasteiger partial charge on any atom is 0.158 e. The lowest BCUT2D eigenvalue weighted by Gasteiger charge is -2.28. The Balaban J connectivity index is 1.70. The topological polar surface area (TPSA) is 113 Å². The molecule has 1 aliphatic rings. The van der Waals surface area contributed by atoms with Gasteiger partial charge < -0.3 is 20.7 Å². The second-order valence-electron chi connectivity index (χ2n) is 6.83. The van der Waals surface area contributed by atoms with Crippen LogP contribution in [0.5, 0.6) is 0 Å². The lowest BCUT2D eigenvalue weighted by Crippen LogP contribution is -2.36. The molecule has 1 fully saturated rings. The van der Waals surface area contributed by atoms with Crippen LogP contribution in [0.4, 0.5) is 16.0 Å². The number of aryl methyl sites for hydroxylation is 1. The summed E-state index contributed by atoms with van der Waals surface area (Å²) in [6.45, 7) is 4.70. The van der Waals surface area contributed by atoms with Gasteiger partial charge in [-0.15, -0.1) is 5.10 Å². The number of rotatable bonds is 4. The molecule has 1 aliphatic heterocycles. The van der Waals surface area contributed by atoms with E-state index in [1.165, 1.54) is 6.07 Å². The summed E-state index contributed by atoms with van der Waals surface area (Å²) in [5, 5.41) is 22.3. The zero-order valence-corrected chi connectivity index (χ0v) is 15.9. The first-order chi connectivity index (χ1) is 14.0. The molecular weight excluding hydrogens is 373 g/mol. The Morgan fingerprint density at radius 2 is 2.00 bits per heavy atom. The largest absolute Gasteiger partial charge is 0.378 e. The summed E-state index contributed by atoms with van der Waals surface area (Å²) in [5.74, 6) is 0.773. The number of hydrogen-bond acceptors (Lipinski definition) is 8. The van der Waals surface area contributed by atoms with Crippen molar-refractivity contribution >= 4 is 22.4 Å². The molecule has 1 aromatic carbocycles. The summed E-state index contributed by atoms with van der Waals surface area (Å²) in [6, 6.07) is 7.89. The number of pyridine rings is 1. The van der Waals surface area contributed by atoms with E-state index in [1.807, 2.05) is 19.1 Å². The van der Waals surface area contributed by atoms with Gasteiger partial charge in [0, 0.05) is 30.1 Å². The molecule has 0 unspecified atom stereocenters. The number of nitrogens with two attached hydrogens (primary N) is 1. The number of fused-ring (bicyclic) bond motifs is 1. The number of benzene rings is 1. The van der Waals surface area contributed by atoms with Crippen LogP contribution in [0.2, 0.25) is 0 Å². The first-order valence-electron chi connectivity index (χ1n) is 9.23. The molecule has 3 heterocycles. The standard InChI is InChI=1S/C20H20FN7O/c1-12-17-11-24-18(28-2-4-29-5-3-28)9-16(17)20(27-26-12)25-19(23)14-6-13(10-22)7-15(21)8-14/h6-9,11,19H,2-5,23H2,1H3,(H,25,27)/t19-/m0/s1. The van der Waals surface area contributed by atoms with Crippen molar-refractivity contribution in [1.29, 1.82) is 5.26 Å². The second-order valence-corrected chi connectivity index (χ2v) is 6.83. The highest BCUT2D eigenvalue weighted by Crippen LogP contribution is 2.28. The minimum absolute atomic E-state index is 0.205. The molecule has 0 bridgehead atoms. The summed E-state index contributed by atoms with van der Waals surface area (Å²) < 4.78 is 19.2. The fraction of sp³-hybridized carbons (Fsp3) is 0.300. The summed E-state index contributed by atoms with van der Waals surface area (Å²) in [4.78, 5) is 6.71. The lowest BCUT2D eigenvalue weighted by atomic mass is 10.1. The Kier molecular flexibility index (Phi) is 5.20. The van der Waals surface area contributed by atoms with Crippen molar-refractivity contribution in [3.05, 3.63) is 53.1 Å². The average Bonchev–Trinajstić information content (AvgIpc) is 2.75. The van der Waals surface area contributed by atoms with E-state index in [4.69, 9.17) is 15.7 Å². The Morgan fingerprint density at radius 3 is 2.76 bits per heavy atom. The number of morpholine rings is 1. The van der Waals surface area contributed by atoms with Gasteiger partial charge in [-0.05, 0) is 36.8 Å². The SMILES string of the molecule is Cc1nnc(N[C@H](N)c2cc(F)cc(C#N)c2)c2cc(N3CCOCC3)ncc12. The van der Waals surface area contributed by atoms with Crippen LogP contribution < -0.4 is 16.0 Å². The van der Waals surface area contributed by atoms with E-state index < -0.39 is 12.0 Å². The van der Waals surface area contributed by atoms with Crippen molar-refractivity contribution in [3.8, 4) is 6.07 Å². The van der Waals surface area contributed by atoms with Gasteiger partial charge in [0.05, 0.1) is 30.5 Å². The van der Waals surface area contributed by atoms with E-state index in [9.17, 15) is 4.39 Å². The van der Waals surface area contributed by atoms with E-state index >= 15 is 0 Å². The van der Waals surface area contributed by atoms with E-state index in [0.717, 1.165) is 41.4 Å². The van der Waals surface area contributed by atoms with Crippen LogP contribution in [0.1, 0.15) is 23.0 Å². The molecule has 29 heavy (non-hydrogen) atoms. The predicted octanol–water partition coefficient (Wildman–Crippen LogP) is 2.25. The fourth-order valence-electron chi connectivity index (χ4n) is 3.32. The molecular formula is C20H20FN7O. The third-order valence-electron chi connectivity index (χ3n) is 4.87. The molecule has 148 valence electrons. The van der Waals surface area contributed by atoms with Crippen molar-refractivity contribution in [2.45, 2.75) is 13.1 Å². The van der Waals surface area contributed by atoms with E-state index in [2.05, 4.69) is 25.4 Å². The van der Waals surface area contributed by atoms with Gasteiger partial charge in [-0.2, -0.15) is 10.4 Å². The zero-order chi connectivity index (χ0) is 20.4. The molecule has 3 aromatic rings. The Labute approximate surface area is 167 Å². The Hall–Kier alpha value is -3.35. The average molecular weight is 393 g/mol. The van der Waals surface area contributed by atoms with Gasteiger partial charge in [0.1, 0.15) is 17.8 Å². The summed E-state index contributed by atoms with van der Waals surface area (Å²) in [6.07, 6.45) is 1.01.